The first-order valence-corrected chi connectivity index (χ1v) is 11.8. The van der Waals surface area contributed by atoms with Crippen LogP contribution in [0.1, 0.15) is 38.2 Å². The normalized spacial score (nSPS) is 23.9. The highest BCUT2D eigenvalue weighted by Crippen LogP contribution is 2.37. The van der Waals surface area contributed by atoms with Gasteiger partial charge < -0.3 is 26.0 Å². The first-order valence-electron chi connectivity index (χ1n) is 11.8. The number of nitrogens with one attached hydrogen (secondary N) is 2. The Hall–Kier alpha value is -2.76. The molecule has 0 spiro atoms. The van der Waals surface area contributed by atoms with Crippen LogP contribution in [0.3, 0.4) is 0 Å². The number of nitrogen functional groups attached to an aromatic ring is 1. The fraction of sp³-hybridized carbons (Fsp3) is 0.636. The average molecular weight is 455 g/mol. The van der Waals surface area contributed by atoms with Crippen molar-refractivity contribution in [1.29, 1.82) is 0 Å². The smallest absolute Gasteiger partial charge is 0.219 e. The number of amidine groups is 1. The second-order valence-electron chi connectivity index (χ2n) is 9.41. The SMILES string of the molecule is CC(C)Cn1c(N2CCN[C@H](C)C2)nc2c1N=C(c1cnc(N)nc1)NC2N1CCOCC1. The molecule has 2 atom stereocenters. The van der Waals surface area contributed by atoms with E-state index in [1.807, 2.05) is 0 Å². The van der Waals surface area contributed by atoms with Crippen LogP contribution in [0.5, 0.6) is 0 Å². The molecule has 2 fully saturated rings. The Labute approximate surface area is 194 Å². The summed E-state index contributed by atoms with van der Waals surface area (Å²) in [5.41, 5.74) is 7.50. The molecule has 11 heteroatoms. The van der Waals surface area contributed by atoms with Crippen molar-refractivity contribution < 1.29 is 4.74 Å². The molecule has 0 radical (unpaired) electrons. The van der Waals surface area contributed by atoms with Gasteiger partial charge in [0.25, 0.3) is 0 Å². The Morgan fingerprint density at radius 2 is 1.94 bits per heavy atom. The molecule has 0 bridgehead atoms. The molecule has 2 aromatic heterocycles. The van der Waals surface area contributed by atoms with Crippen molar-refractivity contribution >= 4 is 23.6 Å². The molecule has 3 aliphatic heterocycles. The lowest BCUT2D eigenvalue weighted by molar-refractivity contribution is 0.0116. The number of hydrogen-bond acceptors (Lipinski definition) is 10. The van der Waals surface area contributed by atoms with Gasteiger partial charge in [-0.3, -0.25) is 9.47 Å². The predicted molar refractivity (Wildman–Crippen MR) is 128 cm³/mol. The standard InChI is InChI=1S/C22H34N10O/c1-14(2)12-32-20-17(27-22(32)31-5-4-24-15(3)13-31)19(30-6-8-33-9-7-30)28-18(29-20)16-10-25-21(23)26-11-16/h10-11,14-15,19,24H,4-9,12-13H2,1-3H3,(H,28,29)(H2,23,25,26)/t15-,19?/m1/s1. The maximum Gasteiger partial charge on any atom is 0.219 e. The van der Waals surface area contributed by atoms with Crippen LogP contribution in [0.2, 0.25) is 0 Å². The minimum atomic E-state index is -0.0959. The van der Waals surface area contributed by atoms with E-state index in [1.54, 1.807) is 12.4 Å². The Morgan fingerprint density at radius 3 is 2.64 bits per heavy atom. The number of fused-ring (bicyclic) bond motifs is 1. The van der Waals surface area contributed by atoms with Gasteiger partial charge >= 0.3 is 0 Å². The van der Waals surface area contributed by atoms with E-state index in [4.69, 9.17) is 20.4 Å². The van der Waals surface area contributed by atoms with Crippen LogP contribution in [-0.2, 0) is 11.3 Å². The fourth-order valence-electron chi connectivity index (χ4n) is 4.68. The van der Waals surface area contributed by atoms with Crippen molar-refractivity contribution in [3.05, 3.63) is 23.7 Å². The summed E-state index contributed by atoms with van der Waals surface area (Å²) in [6.07, 6.45) is 3.34. The molecule has 5 rings (SSSR count). The highest BCUT2D eigenvalue weighted by atomic mass is 16.5. The molecule has 2 aromatic rings. The molecule has 0 amide bonds. The summed E-state index contributed by atoms with van der Waals surface area (Å²) >= 11 is 0. The van der Waals surface area contributed by atoms with E-state index in [0.717, 1.165) is 68.1 Å². The third kappa shape index (κ3) is 4.53. The lowest BCUT2D eigenvalue weighted by Gasteiger charge is -2.36. The van der Waals surface area contributed by atoms with E-state index in [-0.39, 0.29) is 12.1 Å². The largest absolute Gasteiger partial charge is 0.379 e. The van der Waals surface area contributed by atoms with E-state index in [9.17, 15) is 0 Å². The van der Waals surface area contributed by atoms with Gasteiger partial charge in [0.05, 0.1) is 18.8 Å². The van der Waals surface area contributed by atoms with Gasteiger partial charge in [0.15, 0.2) is 5.82 Å². The molecule has 0 aromatic carbocycles. The Morgan fingerprint density at radius 1 is 1.18 bits per heavy atom. The molecule has 11 nitrogen and oxygen atoms in total. The number of nitrogens with zero attached hydrogens (tertiary/aromatic N) is 7. The number of nitrogens with two attached hydrogens (primary N) is 1. The molecule has 178 valence electrons. The number of imidazole rings is 1. The maximum atomic E-state index is 5.72. The predicted octanol–water partition coefficient (Wildman–Crippen LogP) is 0.722. The molecule has 0 aliphatic carbocycles. The molecule has 33 heavy (non-hydrogen) atoms. The van der Waals surface area contributed by atoms with Crippen LogP contribution in [-0.4, -0.2) is 82.2 Å². The second kappa shape index (κ2) is 9.24. The number of morpholine rings is 1. The van der Waals surface area contributed by atoms with Gasteiger partial charge in [0.1, 0.15) is 17.7 Å². The first kappa shape index (κ1) is 22.1. The lowest BCUT2D eigenvalue weighted by Crippen LogP contribution is -2.50. The number of piperazine rings is 1. The summed E-state index contributed by atoms with van der Waals surface area (Å²) in [5.74, 6) is 3.36. The van der Waals surface area contributed by atoms with E-state index in [2.05, 4.69) is 55.7 Å². The van der Waals surface area contributed by atoms with Gasteiger partial charge in [-0.05, 0) is 12.8 Å². The number of aromatic nitrogens is 4. The van der Waals surface area contributed by atoms with Crippen LogP contribution >= 0.6 is 0 Å². The Balaban J connectivity index is 1.62. The second-order valence-corrected chi connectivity index (χ2v) is 9.41. The molecule has 5 heterocycles. The monoisotopic (exact) mass is 454 g/mol. The van der Waals surface area contributed by atoms with Crippen molar-refractivity contribution in [3.63, 3.8) is 0 Å². The van der Waals surface area contributed by atoms with Gasteiger partial charge in [-0.1, -0.05) is 13.8 Å². The summed E-state index contributed by atoms with van der Waals surface area (Å²) in [5, 5.41) is 7.15. The molecule has 2 saturated heterocycles. The van der Waals surface area contributed by atoms with E-state index in [1.165, 1.54) is 0 Å². The van der Waals surface area contributed by atoms with Gasteiger partial charge in [0.2, 0.25) is 11.9 Å². The topological polar surface area (TPSA) is 122 Å². The van der Waals surface area contributed by atoms with Gasteiger partial charge in [-0.15, -0.1) is 0 Å². The summed E-state index contributed by atoms with van der Waals surface area (Å²) < 4.78 is 7.91. The van der Waals surface area contributed by atoms with Crippen molar-refractivity contribution in [3.8, 4) is 0 Å². The Bertz CT molecular complexity index is 995. The number of hydrogen-bond donors (Lipinski definition) is 3. The lowest BCUT2D eigenvalue weighted by atomic mass is 10.2. The summed E-state index contributed by atoms with van der Waals surface area (Å²) in [6.45, 7) is 13.4. The molecule has 3 aliphatic rings. The van der Waals surface area contributed by atoms with E-state index >= 15 is 0 Å². The zero-order chi connectivity index (χ0) is 22.9. The van der Waals surface area contributed by atoms with Crippen LogP contribution < -0.4 is 21.3 Å². The Kier molecular flexibility index (Phi) is 6.17. The third-order valence-corrected chi connectivity index (χ3v) is 6.25. The van der Waals surface area contributed by atoms with Crippen LogP contribution in [0.4, 0.5) is 17.7 Å². The van der Waals surface area contributed by atoms with Gasteiger partial charge in [0, 0.05) is 57.7 Å². The number of rotatable bonds is 5. The molecule has 4 N–H and O–H groups in total. The maximum absolute atomic E-state index is 5.72. The van der Waals surface area contributed by atoms with Crippen LogP contribution in [0.15, 0.2) is 17.4 Å². The number of ether oxygens (including phenoxy) is 1. The number of aliphatic imine (C=N–C) groups is 1. The van der Waals surface area contributed by atoms with Crippen molar-refractivity contribution in [2.75, 3.05) is 56.6 Å². The van der Waals surface area contributed by atoms with Crippen LogP contribution in [0, 0.1) is 5.92 Å². The van der Waals surface area contributed by atoms with E-state index < -0.39 is 0 Å². The van der Waals surface area contributed by atoms with Crippen molar-refractivity contribution in [2.24, 2.45) is 10.9 Å². The summed E-state index contributed by atoms with van der Waals surface area (Å²) in [7, 11) is 0. The summed E-state index contributed by atoms with van der Waals surface area (Å²) in [4.78, 5) is 23.4. The fourth-order valence-corrected chi connectivity index (χ4v) is 4.68. The van der Waals surface area contributed by atoms with Crippen molar-refractivity contribution in [1.82, 2.24) is 35.1 Å². The zero-order valence-corrected chi connectivity index (χ0v) is 19.7. The van der Waals surface area contributed by atoms with Crippen LogP contribution in [0.25, 0.3) is 0 Å². The average Bonchev–Trinajstić information content (AvgIpc) is 3.17. The van der Waals surface area contributed by atoms with Gasteiger partial charge in [-0.25, -0.2) is 19.9 Å². The highest BCUT2D eigenvalue weighted by Gasteiger charge is 2.36. The molecular weight excluding hydrogens is 420 g/mol. The third-order valence-electron chi connectivity index (χ3n) is 6.25. The number of anilines is 2. The first-order chi connectivity index (χ1) is 16.0. The molecular formula is C22H34N10O. The summed E-state index contributed by atoms with van der Waals surface area (Å²) in [6, 6.07) is 0.416. The zero-order valence-electron chi connectivity index (χ0n) is 19.7. The minimum absolute atomic E-state index is 0.0959. The van der Waals surface area contributed by atoms with E-state index in [0.29, 0.717) is 25.2 Å². The molecule has 1 unspecified atom stereocenters. The molecule has 0 saturated carbocycles. The van der Waals surface area contributed by atoms with Crippen molar-refractivity contribution in [2.45, 2.75) is 39.5 Å². The van der Waals surface area contributed by atoms with Gasteiger partial charge in [-0.2, -0.15) is 0 Å². The minimum Gasteiger partial charge on any atom is -0.379 e. The quantitative estimate of drug-likeness (QED) is 0.600. The highest BCUT2D eigenvalue weighted by molar-refractivity contribution is 6.01.